The molecule has 0 radical (unpaired) electrons. The standard InChI is InChI=1S/C11H10FNOS/c1-7-13-10(6-15-7)11(14)8-4-2-3-5-9(8)12/h2-6,11,14H,1H3. The van der Waals surface area contributed by atoms with E-state index in [0.717, 1.165) is 5.01 Å². The molecule has 0 saturated carbocycles. The molecule has 78 valence electrons. The molecule has 1 atom stereocenters. The van der Waals surface area contributed by atoms with Crippen molar-refractivity contribution in [3.63, 3.8) is 0 Å². The Labute approximate surface area is 91.0 Å². The van der Waals surface area contributed by atoms with Gasteiger partial charge in [0, 0.05) is 10.9 Å². The van der Waals surface area contributed by atoms with Gasteiger partial charge in [-0.05, 0) is 13.0 Å². The molecule has 1 unspecified atom stereocenters. The first kappa shape index (κ1) is 10.3. The number of aryl methyl sites for hydroxylation is 1. The molecule has 0 saturated heterocycles. The van der Waals surface area contributed by atoms with Gasteiger partial charge in [-0.1, -0.05) is 18.2 Å². The molecule has 4 heteroatoms. The van der Waals surface area contributed by atoms with Crippen molar-refractivity contribution in [1.29, 1.82) is 0 Å². The van der Waals surface area contributed by atoms with Crippen LogP contribution in [0.1, 0.15) is 22.4 Å². The summed E-state index contributed by atoms with van der Waals surface area (Å²) in [4.78, 5) is 4.13. The lowest BCUT2D eigenvalue weighted by Crippen LogP contribution is -2.02. The number of hydrogen-bond acceptors (Lipinski definition) is 3. The Hall–Kier alpha value is -1.26. The molecule has 1 aromatic carbocycles. The number of thiazole rings is 1. The van der Waals surface area contributed by atoms with Crippen molar-refractivity contribution in [2.45, 2.75) is 13.0 Å². The summed E-state index contributed by atoms with van der Waals surface area (Å²) in [6.45, 7) is 1.85. The molecule has 1 aromatic heterocycles. The highest BCUT2D eigenvalue weighted by molar-refractivity contribution is 7.09. The minimum absolute atomic E-state index is 0.266. The third-order valence-corrected chi connectivity index (χ3v) is 2.91. The fourth-order valence-corrected chi connectivity index (χ4v) is 1.99. The zero-order valence-electron chi connectivity index (χ0n) is 8.14. The second-order valence-corrected chi connectivity index (χ2v) is 4.28. The van der Waals surface area contributed by atoms with Crippen molar-refractivity contribution in [2.75, 3.05) is 0 Å². The van der Waals surface area contributed by atoms with E-state index in [4.69, 9.17) is 0 Å². The largest absolute Gasteiger partial charge is 0.382 e. The van der Waals surface area contributed by atoms with Crippen LogP contribution in [-0.4, -0.2) is 10.1 Å². The molecule has 2 aromatic rings. The molecule has 1 heterocycles. The first-order valence-corrected chi connectivity index (χ1v) is 5.41. The number of halogens is 1. The fraction of sp³-hybridized carbons (Fsp3) is 0.182. The van der Waals surface area contributed by atoms with Crippen molar-refractivity contribution in [3.05, 3.63) is 51.7 Å². The Balaban J connectivity index is 2.36. The molecule has 0 fully saturated rings. The number of aliphatic hydroxyl groups excluding tert-OH is 1. The van der Waals surface area contributed by atoms with E-state index in [1.165, 1.54) is 17.4 Å². The molecule has 0 bridgehead atoms. The first-order valence-electron chi connectivity index (χ1n) is 4.53. The van der Waals surface area contributed by atoms with Crippen molar-refractivity contribution in [3.8, 4) is 0 Å². The fourth-order valence-electron chi connectivity index (χ4n) is 1.36. The summed E-state index contributed by atoms with van der Waals surface area (Å²) >= 11 is 1.44. The lowest BCUT2D eigenvalue weighted by atomic mass is 10.1. The number of benzene rings is 1. The van der Waals surface area contributed by atoms with E-state index in [2.05, 4.69) is 4.98 Å². The van der Waals surface area contributed by atoms with Crippen LogP contribution in [0.3, 0.4) is 0 Å². The SMILES string of the molecule is Cc1nc(C(O)c2ccccc2F)cs1. The van der Waals surface area contributed by atoms with E-state index in [-0.39, 0.29) is 5.56 Å². The number of rotatable bonds is 2. The van der Waals surface area contributed by atoms with Crippen LogP contribution in [0.5, 0.6) is 0 Å². The average molecular weight is 223 g/mol. The number of nitrogens with zero attached hydrogens (tertiary/aromatic N) is 1. The molecular formula is C11H10FNOS. The highest BCUT2D eigenvalue weighted by Crippen LogP contribution is 2.24. The van der Waals surface area contributed by atoms with Crippen LogP contribution in [0.25, 0.3) is 0 Å². The molecule has 0 amide bonds. The van der Waals surface area contributed by atoms with Crippen molar-refractivity contribution >= 4 is 11.3 Å². The maximum atomic E-state index is 13.3. The Morgan fingerprint density at radius 3 is 2.73 bits per heavy atom. The Kier molecular flexibility index (Phi) is 2.79. The van der Waals surface area contributed by atoms with Gasteiger partial charge < -0.3 is 5.11 Å². The summed E-state index contributed by atoms with van der Waals surface area (Å²) in [5.41, 5.74) is 0.769. The van der Waals surface area contributed by atoms with Crippen LogP contribution >= 0.6 is 11.3 Å². The van der Waals surface area contributed by atoms with E-state index in [9.17, 15) is 9.50 Å². The first-order chi connectivity index (χ1) is 7.18. The van der Waals surface area contributed by atoms with Gasteiger partial charge in [0.2, 0.25) is 0 Å². The quantitative estimate of drug-likeness (QED) is 0.849. The van der Waals surface area contributed by atoms with Gasteiger partial charge in [-0.25, -0.2) is 9.37 Å². The van der Waals surface area contributed by atoms with Gasteiger partial charge in [-0.3, -0.25) is 0 Å². The highest BCUT2D eigenvalue weighted by atomic mass is 32.1. The number of aliphatic hydroxyl groups is 1. The Bertz CT molecular complexity index is 469. The van der Waals surface area contributed by atoms with Crippen LogP contribution in [-0.2, 0) is 0 Å². The van der Waals surface area contributed by atoms with Gasteiger partial charge in [0.25, 0.3) is 0 Å². The summed E-state index contributed by atoms with van der Waals surface area (Å²) < 4.78 is 13.3. The second kappa shape index (κ2) is 4.08. The van der Waals surface area contributed by atoms with E-state index >= 15 is 0 Å². The van der Waals surface area contributed by atoms with Crippen LogP contribution in [0.4, 0.5) is 4.39 Å². The normalized spacial score (nSPS) is 12.7. The van der Waals surface area contributed by atoms with Crippen LogP contribution in [0.15, 0.2) is 29.6 Å². The minimum Gasteiger partial charge on any atom is -0.382 e. The maximum absolute atomic E-state index is 13.3. The van der Waals surface area contributed by atoms with Gasteiger partial charge in [-0.15, -0.1) is 11.3 Å². The third kappa shape index (κ3) is 2.06. The van der Waals surface area contributed by atoms with E-state index < -0.39 is 11.9 Å². The monoisotopic (exact) mass is 223 g/mol. The molecule has 0 aliphatic rings. The molecule has 2 rings (SSSR count). The van der Waals surface area contributed by atoms with Crippen molar-refractivity contribution in [2.24, 2.45) is 0 Å². The third-order valence-electron chi connectivity index (χ3n) is 2.12. The van der Waals surface area contributed by atoms with Crippen LogP contribution in [0, 0.1) is 12.7 Å². The number of hydrogen-bond donors (Lipinski definition) is 1. The Morgan fingerprint density at radius 1 is 1.40 bits per heavy atom. The van der Waals surface area contributed by atoms with Gasteiger partial charge in [0.15, 0.2) is 0 Å². The highest BCUT2D eigenvalue weighted by Gasteiger charge is 2.16. The minimum atomic E-state index is -0.976. The lowest BCUT2D eigenvalue weighted by molar-refractivity contribution is 0.210. The zero-order chi connectivity index (χ0) is 10.8. The van der Waals surface area contributed by atoms with Crippen LogP contribution in [0.2, 0.25) is 0 Å². The molecule has 1 N–H and O–H groups in total. The topological polar surface area (TPSA) is 33.1 Å². The molecule has 0 aliphatic carbocycles. The molecule has 15 heavy (non-hydrogen) atoms. The molecule has 2 nitrogen and oxygen atoms in total. The molecule has 0 aliphatic heterocycles. The predicted octanol–water partition coefficient (Wildman–Crippen LogP) is 2.67. The Morgan fingerprint density at radius 2 is 2.13 bits per heavy atom. The van der Waals surface area contributed by atoms with E-state index in [1.54, 1.807) is 23.6 Å². The molecule has 0 spiro atoms. The summed E-state index contributed by atoms with van der Waals surface area (Å²) in [5.74, 6) is -0.407. The van der Waals surface area contributed by atoms with Crippen LogP contribution < -0.4 is 0 Å². The summed E-state index contributed by atoms with van der Waals surface area (Å²) in [6, 6.07) is 6.19. The lowest BCUT2D eigenvalue weighted by Gasteiger charge is -2.08. The number of aromatic nitrogens is 1. The smallest absolute Gasteiger partial charge is 0.129 e. The average Bonchev–Trinajstić information content (AvgIpc) is 2.65. The second-order valence-electron chi connectivity index (χ2n) is 3.22. The van der Waals surface area contributed by atoms with Crippen molar-refractivity contribution < 1.29 is 9.50 Å². The summed E-state index contributed by atoms with van der Waals surface area (Å²) in [7, 11) is 0. The summed E-state index contributed by atoms with van der Waals surface area (Å²) in [5, 5.41) is 12.5. The van der Waals surface area contributed by atoms with Crippen molar-refractivity contribution in [1.82, 2.24) is 4.98 Å². The van der Waals surface area contributed by atoms with E-state index in [0.29, 0.717) is 5.69 Å². The molecular weight excluding hydrogens is 213 g/mol. The summed E-state index contributed by atoms with van der Waals surface area (Å²) in [6.07, 6.45) is -0.976. The zero-order valence-corrected chi connectivity index (χ0v) is 8.96. The van der Waals surface area contributed by atoms with Gasteiger partial charge in [0.05, 0.1) is 10.7 Å². The van der Waals surface area contributed by atoms with Gasteiger partial charge in [-0.2, -0.15) is 0 Å². The van der Waals surface area contributed by atoms with Gasteiger partial charge in [0.1, 0.15) is 11.9 Å². The van der Waals surface area contributed by atoms with E-state index in [1.807, 2.05) is 6.92 Å². The van der Waals surface area contributed by atoms with Gasteiger partial charge >= 0.3 is 0 Å². The maximum Gasteiger partial charge on any atom is 0.129 e. The predicted molar refractivity (Wildman–Crippen MR) is 57.3 cm³/mol.